The van der Waals surface area contributed by atoms with Crippen LogP contribution in [0.1, 0.15) is 49.6 Å². The van der Waals surface area contributed by atoms with Gasteiger partial charge in [0.1, 0.15) is 0 Å². The van der Waals surface area contributed by atoms with Gasteiger partial charge in [-0.3, -0.25) is 0 Å². The Balaban J connectivity index is 2.00. The molecule has 1 N–H and O–H groups in total. The summed E-state index contributed by atoms with van der Waals surface area (Å²) in [7, 11) is 0. The molecule has 0 saturated carbocycles. The maximum Gasteiger partial charge on any atom is 0.0934 e. The molecule has 1 aliphatic carbocycles. The number of aryl methyl sites for hydroxylation is 1. The average molecular weight is 244 g/mol. The monoisotopic (exact) mass is 243 g/mol. The molecule has 2 atom stereocenters. The van der Waals surface area contributed by atoms with Crippen molar-refractivity contribution in [3.8, 4) is 0 Å². The van der Waals surface area contributed by atoms with E-state index < -0.39 is 0 Å². The Bertz CT molecular complexity index is 334. The van der Waals surface area contributed by atoms with Gasteiger partial charge in [0.05, 0.1) is 4.34 Å². The number of fused-ring (bicyclic) bond motifs is 1. The first-order valence-corrected chi connectivity index (χ1v) is 6.94. The number of nitrogens with one attached hydrogen (secondary N) is 1. The van der Waals surface area contributed by atoms with Gasteiger partial charge in [-0.1, -0.05) is 24.9 Å². The van der Waals surface area contributed by atoms with Crippen LogP contribution in [0.3, 0.4) is 0 Å². The molecule has 0 saturated heterocycles. The summed E-state index contributed by atoms with van der Waals surface area (Å²) in [4.78, 5) is 1.49. The van der Waals surface area contributed by atoms with Crippen molar-refractivity contribution in [2.45, 2.75) is 51.6 Å². The number of hydrogen-bond acceptors (Lipinski definition) is 2. The summed E-state index contributed by atoms with van der Waals surface area (Å²) in [5.41, 5.74) is 1.45. The molecule has 1 aliphatic rings. The van der Waals surface area contributed by atoms with Crippen molar-refractivity contribution in [2.24, 2.45) is 0 Å². The van der Waals surface area contributed by atoms with Crippen molar-refractivity contribution in [1.82, 2.24) is 5.32 Å². The van der Waals surface area contributed by atoms with Crippen molar-refractivity contribution in [2.75, 3.05) is 0 Å². The van der Waals surface area contributed by atoms with Gasteiger partial charge in [-0.05, 0) is 37.8 Å². The topological polar surface area (TPSA) is 12.0 Å². The molecule has 3 heteroatoms. The lowest BCUT2D eigenvalue weighted by molar-refractivity contribution is 0.431. The van der Waals surface area contributed by atoms with Gasteiger partial charge < -0.3 is 5.32 Å². The highest BCUT2D eigenvalue weighted by molar-refractivity contribution is 7.16. The molecule has 0 aromatic carbocycles. The molecular formula is C12H18ClNS. The summed E-state index contributed by atoms with van der Waals surface area (Å²) in [5, 5.41) is 3.70. The molecule has 1 aromatic heterocycles. The van der Waals surface area contributed by atoms with Crippen LogP contribution in [-0.2, 0) is 6.42 Å². The van der Waals surface area contributed by atoms with Gasteiger partial charge in [0.15, 0.2) is 0 Å². The lowest BCUT2D eigenvalue weighted by Gasteiger charge is -2.19. The quantitative estimate of drug-likeness (QED) is 0.837. The summed E-state index contributed by atoms with van der Waals surface area (Å²) >= 11 is 7.78. The first-order chi connectivity index (χ1) is 7.20. The SMILES string of the molecule is CCCC(C)NC1CCc2sc(Cl)cc21. The van der Waals surface area contributed by atoms with E-state index in [1.807, 2.05) is 0 Å². The van der Waals surface area contributed by atoms with Gasteiger partial charge in [0.25, 0.3) is 0 Å². The summed E-state index contributed by atoms with van der Waals surface area (Å²) in [6.45, 7) is 4.51. The normalized spacial score (nSPS) is 21.7. The van der Waals surface area contributed by atoms with Crippen molar-refractivity contribution in [3.63, 3.8) is 0 Å². The highest BCUT2D eigenvalue weighted by atomic mass is 35.5. The molecule has 2 unspecified atom stereocenters. The minimum atomic E-state index is 0.547. The van der Waals surface area contributed by atoms with Crippen LogP contribution in [0.5, 0.6) is 0 Å². The third-order valence-electron chi connectivity index (χ3n) is 3.05. The summed E-state index contributed by atoms with van der Waals surface area (Å²) < 4.78 is 0.939. The Labute approximate surface area is 101 Å². The number of thiophene rings is 1. The third kappa shape index (κ3) is 2.55. The molecule has 0 aliphatic heterocycles. The fourth-order valence-electron chi connectivity index (χ4n) is 2.36. The molecule has 0 fully saturated rings. The predicted octanol–water partition coefficient (Wildman–Crippen LogP) is 4.17. The van der Waals surface area contributed by atoms with E-state index in [0.717, 1.165) is 4.34 Å². The Morgan fingerprint density at radius 2 is 2.47 bits per heavy atom. The number of halogens is 1. The Morgan fingerprint density at radius 1 is 1.67 bits per heavy atom. The molecule has 84 valence electrons. The average Bonchev–Trinajstić information content (AvgIpc) is 2.67. The second-order valence-corrected chi connectivity index (χ2v) is 6.14. The first kappa shape index (κ1) is 11.4. The van der Waals surface area contributed by atoms with Crippen LogP contribution in [-0.4, -0.2) is 6.04 Å². The molecule has 15 heavy (non-hydrogen) atoms. The van der Waals surface area contributed by atoms with Crippen molar-refractivity contribution >= 4 is 22.9 Å². The number of rotatable bonds is 4. The molecule has 2 rings (SSSR count). The van der Waals surface area contributed by atoms with Crippen molar-refractivity contribution < 1.29 is 0 Å². The molecule has 1 heterocycles. The largest absolute Gasteiger partial charge is 0.307 e. The zero-order chi connectivity index (χ0) is 10.8. The zero-order valence-electron chi connectivity index (χ0n) is 9.35. The maximum atomic E-state index is 6.03. The second-order valence-electron chi connectivity index (χ2n) is 4.38. The van der Waals surface area contributed by atoms with E-state index in [-0.39, 0.29) is 0 Å². The van der Waals surface area contributed by atoms with Crippen LogP contribution >= 0.6 is 22.9 Å². The van der Waals surface area contributed by atoms with Gasteiger partial charge in [-0.15, -0.1) is 11.3 Å². The van der Waals surface area contributed by atoms with E-state index in [1.54, 1.807) is 11.3 Å². The van der Waals surface area contributed by atoms with E-state index >= 15 is 0 Å². The minimum absolute atomic E-state index is 0.547. The van der Waals surface area contributed by atoms with E-state index in [2.05, 4.69) is 25.2 Å². The minimum Gasteiger partial charge on any atom is -0.307 e. The van der Waals surface area contributed by atoms with E-state index in [9.17, 15) is 0 Å². The molecule has 0 radical (unpaired) electrons. The molecule has 0 amide bonds. The summed E-state index contributed by atoms with van der Waals surface area (Å²) in [5.74, 6) is 0. The molecular weight excluding hydrogens is 226 g/mol. The Kier molecular flexibility index (Phi) is 3.70. The van der Waals surface area contributed by atoms with Crippen LogP contribution in [0.2, 0.25) is 4.34 Å². The van der Waals surface area contributed by atoms with Gasteiger partial charge in [-0.25, -0.2) is 0 Å². The Morgan fingerprint density at radius 3 is 3.20 bits per heavy atom. The highest BCUT2D eigenvalue weighted by Gasteiger charge is 2.25. The molecule has 1 aromatic rings. The van der Waals surface area contributed by atoms with Crippen LogP contribution in [0.4, 0.5) is 0 Å². The first-order valence-electron chi connectivity index (χ1n) is 5.75. The van der Waals surface area contributed by atoms with Crippen LogP contribution in [0.15, 0.2) is 6.07 Å². The smallest absolute Gasteiger partial charge is 0.0934 e. The van der Waals surface area contributed by atoms with Crippen LogP contribution in [0, 0.1) is 0 Å². The van der Waals surface area contributed by atoms with Crippen LogP contribution < -0.4 is 5.32 Å². The molecule has 0 bridgehead atoms. The van der Waals surface area contributed by atoms with E-state index in [0.29, 0.717) is 12.1 Å². The maximum absolute atomic E-state index is 6.03. The Hall–Kier alpha value is -0.0500. The van der Waals surface area contributed by atoms with Crippen molar-refractivity contribution in [3.05, 3.63) is 20.8 Å². The third-order valence-corrected chi connectivity index (χ3v) is 4.39. The van der Waals surface area contributed by atoms with Crippen LogP contribution in [0.25, 0.3) is 0 Å². The highest BCUT2D eigenvalue weighted by Crippen LogP contribution is 2.39. The predicted molar refractivity (Wildman–Crippen MR) is 67.9 cm³/mol. The van der Waals surface area contributed by atoms with E-state index in [4.69, 9.17) is 11.6 Å². The lowest BCUT2D eigenvalue weighted by atomic mass is 10.1. The number of hydrogen-bond donors (Lipinski definition) is 1. The summed E-state index contributed by atoms with van der Waals surface area (Å²) in [6, 6.07) is 3.31. The van der Waals surface area contributed by atoms with Gasteiger partial charge in [0.2, 0.25) is 0 Å². The standard InChI is InChI=1S/C12H18ClNS/c1-3-4-8(2)14-10-5-6-11-9(10)7-12(13)15-11/h7-8,10,14H,3-6H2,1-2H3. The van der Waals surface area contributed by atoms with Crippen molar-refractivity contribution in [1.29, 1.82) is 0 Å². The summed E-state index contributed by atoms with van der Waals surface area (Å²) in [6.07, 6.45) is 4.94. The zero-order valence-corrected chi connectivity index (χ0v) is 10.9. The van der Waals surface area contributed by atoms with Gasteiger partial charge in [-0.2, -0.15) is 0 Å². The molecule has 1 nitrogen and oxygen atoms in total. The molecule has 0 spiro atoms. The lowest BCUT2D eigenvalue weighted by Crippen LogP contribution is -2.28. The fourth-order valence-corrected chi connectivity index (χ4v) is 3.72. The van der Waals surface area contributed by atoms with Gasteiger partial charge in [0, 0.05) is 17.0 Å². The fraction of sp³-hybridized carbons (Fsp3) is 0.667. The van der Waals surface area contributed by atoms with Gasteiger partial charge >= 0.3 is 0 Å². The van der Waals surface area contributed by atoms with E-state index in [1.165, 1.54) is 36.1 Å². The second kappa shape index (κ2) is 4.86.